The van der Waals surface area contributed by atoms with Crippen molar-refractivity contribution in [2.24, 2.45) is 0 Å². The van der Waals surface area contributed by atoms with Gasteiger partial charge < -0.3 is 9.15 Å². The molecular weight excluding hydrogens is 432 g/mol. The Kier molecular flexibility index (Phi) is 5.83. The highest BCUT2D eigenvalue weighted by molar-refractivity contribution is 8.18. The topological polar surface area (TPSA) is 103 Å². The Labute approximate surface area is 187 Å². The van der Waals surface area contributed by atoms with Gasteiger partial charge in [-0.05, 0) is 54.1 Å². The maximum atomic E-state index is 12.8. The van der Waals surface area contributed by atoms with Gasteiger partial charge in [-0.15, -0.1) is 0 Å². The summed E-state index contributed by atoms with van der Waals surface area (Å²) in [4.78, 5) is 37.6. The van der Waals surface area contributed by atoms with Crippen molar-refractivity contribution in [2.45, 2.75) is 13.5 Å². The van der Waals surface area contributed by atoms with E-state index in [1.165, 1.54) is 30.2 Å². The lowest BCUT2D eigenvalue weighted by atomic mass is 10.1. The summed E-state index contributed by atoms with van der Waals surface area (Å²) in [7, 11) is 1.43. The van der Waals surface area contributed by atoms with E-state index < -0.39 is 10.8 Å². The molecule has 1 saturated heterocycles. The number of thioether (sulfide) groups is 1. The highest BCUT2D eigenvalue weighted by Crippen LogP contribution is 2.37. The molecule has 32 heavy (non-hydrogen) atoms. The molecule has 162 valence electrons. The fourth-order valence-corrected chi connectivity index (χ4v) is 4.11. The van der Waals surface area contributed by atoms with Gasteiger partial charge in [0.05, 0.1) is 35.1 Å². The molecule has 0 bridgehead atoms. The molecule has 2 amide bonds. The minimum absolute atomic E-state index is 0.163. The number of nitro benzene ring substituents is 1. The second-order valence-electron chi connectivity index (χ2n) is 7.04. The smallest absolute Gasteiger partial charge is 0.293 e. The van der Waals surface area contributed by atoms with Crippen molar-refractivity contribution in [1.29, 1.82) is 0 Å². The predicted molar refractivity (Wildman–Crippen MR) is 120 cm³/mol. The van der Waals surface area contributed by atoms with E-state index in [0.29, 0.717) is 11.5 Å². The van der Waals surface area contributed by atoms with Crippen molar-refractivity contribution in [2.75, 3.05) is 7.11 Å². The number of carbonyl (C=O) groups excluding carboxylic acids is 2. The highest BCUT2D eigenvalue weighted by Gasteiger charge is 2.35. The molecule has 0 unspecified atom stereocenters. The van der Waals surface area contributed by atoms with Crippen molar-refractivity contribution in [3.63, 3.8) is 0 Å². The van der Waals surface area contributed by atoms with E-state index in [9.17, 15) is 19.7 Å². The largest absolute Gasteiger partial charge is 0.497 e. The number of aryl methyl sites for hydroxylation is 1. The lowest BCUT2D eigenvalue weighted by molar-refractivity contribution is -0.384. The predicted octanol–water partition coefficient (Wildman–Crippen LogP) is 5.41. The quantitative estimate of drug-likeness (QED) is 0.281. The van der Waals surface area contributed by atoms with Crippen LogP contribution in [0.4, 0.5) is 10.5 Å². The van der Waals surface area contributed by atoms with Crippen molar-refractivity contribution >= 4 is 34.7 Å². The summed E-state index contributed by atoms with van der Waals surface area (Å²) in [5.41, 5.74) is 2.00. The van der Waals surface area contributed by atoms with Gasteiger partial charge in [0.25, 0.3) is 16.8 Å². The summed E-state index contributed by atoms with van der Waals surface area (Å²) in [5, 5.41) is 11.1. The summed E-state index contributed by atoms with van der Waals surface area (Å²) in [6, 6.07) is 15.2. The van der Waals surface area contributed by atoms with Crippen LogP contribution in [0.2, 0.25) is 0 Å². The SMILES string of the molecule is COc1ccc(-c2ccc(/C=C3\SC(=O)N(Cc4ccccc4C)C3=O)o2)c([N+](=O)[O-])c1. The molecule has 8 nitrogen and oxygen atoms in total. The Morgan fingerprint density at radius 2 is 1.94 bits per heavy atom. The van der Waals surface area contributed by atoms with E-state index in [0.717, 1.165) is 22.9 Å². The van der Waals surface area contributed by atoms with Crippen LogP contribution in [-0.2, 0) is 11.3 Å². The third-order valence-electron chi connectivity index (χ3n) is 5.03. The van der Waals surface area contributed by atoms with Crippen LogP contribution in [-0.4, -0.2) is 28.1 Å². The molecule has 3 aromatic rings. The number of ether oxygens (including phenoxy) is 1. The Balaban J connectivity index is 1.59. The van der Waals surface area contributed by atoms with Gasteiger partial charge in [-0.2, -0.15) is 0 Å². The minimum Gasteiger partial charge on any atom is -0.497 e. The third kappa shape index (κ3) is 4.15. The summed E-state index contributed by atoms with van der Waals surface area (Å²) in [5.74, 6) is 0.530. The fourth-order valence-electron chi connectivity index (χ4n) is 3.30. The first-order valence-electron chi connectivity index (χ1n) is 9.60. The van der Waals surface area contributed by atoms with Crippen LogP contribution >= 0.6 is 11.8 Å². The Bertz CT molecular complexity index is 1260. The normalized spacial score (nSPS) is 14.9. The molecule has 0 saturated carbocycles. The number of methoxy groups -OCH3 is 1. The number of amides is 2. The molecule has 2 heterocycles. The molecule has 4 rings (SSSR count). The number of furan rings is 1. The molecule has 9 heteroatoms. The zero-order valence-electron chi connectivity index (χ0n) is 17.2. The lowest BCUT2D eigenvalue weighted by Gasteiger charge is -2.14. The van der Waals surface area contributed by atoms with E-state index >= 15 is 0 Å². The van der Waals surface area contributed by atoms with E-state index in [1.54, 1.807) is 18.2 Å². The maximum Gasteiger partial charge on any atom is 0.293 e. The molecule has 0 aliphatic carbocycles. The zero-order chi connectivity index (χ0) is 22.8. The van der Waals surface area contributed by atoms with Crippen LogP contribution in [0.25, 0.3) is 17.4 Å². The molecular formula is C23H18N2O6S. The van der Waals surface area contributed by atoms with Gasteiger partial charge in [0.15, 0.2) is 0 Å². The van der Waals surface area contributed by atoms with E-state index in [1.807, 2.05) is 31.2 Å². The van der Waals surface area contributed by atoms with Crippen LogP contribution < -0.4 is 4.74 Å². The maximum absolute atomic E-state index is 12.8. The van der Waals surface area contributed by atoms with Crippen molar-refractivity contribution in [3.8, 4) is 17.1 Å². The number of nitrogens with zero attached hydrogens (tertiary/aromatic N) is 2. The van der Waals surface area contributed by atoms with Gasteiger partial charge in [0.2, 0.25) is 0 Å². The highest BCUT2D eigenvalue weighted by atomic mass is 32.2. The van der Waals surface area contributed by atoms with E-state index in [4.69, 9.17) is 9.15 Å². The number of benzene rings is 2. The molecule has 0 atom stereocenters. The first-order valence-corrected chi connectivity index (χ1v) is 10.4. The van der Waals surface area contributed by atoms with Gasteiger partial charge in [-0.25, -0.2) is 0 Å². The first-order chi connectivity index (χ1) is 15.4. The van der Waals surface area contributed by atoms with Gasteiger partial charge in [0, 0.05) is 6.08 Å². The Morgan fingerprint density at radius 1 is 1.16 bits per heavy atom. The Hall–Kier alpha value is -3.85. The lowest BCUT2D eigenvalue weighted by Crippen LogP contribution is -2.27. The van der Waals surface area contributed by atoms with Gasteiger partial charge >= 0.3 is 0 Å². The molecule has 2 aromatic carbocycles. The van der Waals surface area contributed by atoms with Crippen LogP contribution in [0.5, 0.6) is 5.75 Å². The second kappa shape index (κ2) is 8.72. The molecule has 0 radical (unpaired) electrons. The number of carbonyl (C=O) groups is 2. The van der Waals surface area contributed by atoms with Crippen molar-refractivity contribution in [3.05, 3.63) is 86.5 Å². The summed E-state index contributed by atoms with van der Waals surface area (Å²) in [6.07, 6.45) is 1.47. The average molecular weight is 450 g/mol. The molecule has 0 spiro atoms. The standard InChI is InChI=1S/C23H18N2O6S/c1-14-5-3-4-6-15(14)13-24-22(26)21(32-23(24)27)12-17-8-10-20(31-17)18-9-7-16(30-2)11-19(18)25(28)29/h3-12H,13H2,1-2H3/b21-12-. The van der Waals surface area contributed by atoms with E-state index in [-0.39, 0.29) is 33.7 Å². The summed E-state index contributed by atoms with van der Waals surface area (Å²) < 4.78 is 10.8. The van der Waals surface area contributed by atoms with Crippen LogP contribution in [0.3, 0.4) is 0 Å². The fraction of sp³-hybridized carbons (Fsp3) is 0.130. The minimum atomic E-state index is -0.517. The van der Waals surface area contributed by atoms with Gasteiger partial charge in [0.1, 0.15) is 17.3 Å². The number of hydrogen-bond donors (Lipinski definition) is 0. The van der Waals surface area contributed by atoms with Crippen molar-refractivity contribution in [1.82, 2.24) is 4.90 Å². The molecule has 1 aliphatic rings. The Morgan fingerprint density at radius 3 is 2.66 bits per heavy atom. The summed E-state index contributed by atoms with van der Waals surface area (Å²) >= 11 is 0.834. The molecule has 1 aromatic heterocycles. The second-order valence-corrected chi connectivity index (χ2v) is 8.03. The number of imide groups is 1. The molecule has 1 fully saturated rings. The zero-order valence-corrected chi connectivity index (χ0v) is 18.0. The van der Waals surface area contributed by atoms with Gasteiger partial charge in [-0.1, -0.05) is 24.3 Å². The first kappa shape index (κ1) is 21.4. The summed E-state index contributed by atoms with van der Waals surface area (Å²) in [6.45, 7) is 2.11. The van der Waals surface area contributed by atoms with Crippen LogP contribution in [0.1, 0.15) is 16.9 Å². The number of rotatable bonds is 6. The number of hydrogen-bond acceptors (Lipinski definition) is 7. The molecule has 1 aliphatic heterocycles. The molecule has 0 N–H and O–H groups in total. The van der Waals surface area contributed by atoms with Crippen LogP contribution in [0, 0.1) is 17.0 Å². The number of nitro groups is 1. The van der Waals surface area contributed by atoms with Gasteiger partial charge in [-0.3, -0.25) is 24.6 Å². The monoisotopic (exact) mass is 450 g/mol. The average Bonchev–Trinajstić information content (AvgIpc) is 3.35. The van der Waals surface area contributed by atoms with E-state index in [2.05, 4.69) is 0 Å². The third-order valence-corrected chi connectivity index (χ3v) is 5.94. The van der Waals surface area contributed by atoms with Crippen molar-refractivity contribution < 1.29 is 23.7 Å². The van der Waals surface area contributed by atoms with Crippen LogP contribution in [0.15, 0.2) is 63.9 Å².